The fourth-order valence-corrected chi connectivity index (χ4v) is 2.97. The highest BCUT2D eigenvalue weighted by Crippen LogP contribution is 2.19. The van der Waals surface area contributed by atoms with Crippen molar-refractivity contribution < 1.29 is 33.4 Å². The van der Waals surface area contributed by atoms with Crippen LogP contribution in [0.2, 0.25) is 0 Å². The van der Waals surface area contributed by atoms with Crippen LogP contribution in [0.4, 0.5) is 4.79 Å². The number of ketones is 1. The third-order valence-corrected chi connectivity index (χ3v) is 4.51. The van der Waals surface area contributed by atoms with E-state index in [1.807, 2.05) is 13.8 Å². The molecule has 0 saturated heterocycles. The molecule has 1 atom stereocenters. The number of carbonyl (C=O) groups excluding carboxylic acids is 4. The number of para-hydroxylation sites is 1. The summed E-state index contributed by atoms with van der Waals surface area (Å²) in [4.78, 5) is 49.2. The molecule has 2 rings (SSSR count). The number of carbonyl (C=O) groups is 4. The molecule has 0 spiro atoms. The summed E-state index contributed by atoms with van der Waals surface area (Å²) in [5.74, 6) is 3.15. The molecular formula is C28H31NO7. The molecule has 0 bridgehead atoms. The van der Waals surface area contributed by atoms with Gasteiger partial charge in [-0.15, -0.1) is 0 Å². The van der Waals surface area contributed by atoms with Gasteiger partial charge >= 0.3 is 18.0 Å². The number of nitrogens with one attached hydrogen (secondary N) is 1. The van der Waals surface area contributed by atoms with Gasteiger partial charge in [0.15, 0.2) is 12.4 Å². The number of rotatable bonds is 8. The predicted octanol–water partition coefficient (Wildman–Crippen LogP) is 4.31. The molecule has 1 amide bonds. The first kappa shape index (κ1) is 28.1. The molecular weight excluding hydrogens is 462 g/mol. The highest BCUT2D eigenvalue weighted by atomic mass is 16.6. The maximum atomic E-state index is 12.9. The van der Waals surface area contributed by atoms with Crippen LogP contribution in [0.25, 0.3) is 0 Å². The van der Waals surface area contributed by atoms with E-state index in [0.717, 1.165) is 0 Å². The summed E-state index contributed by atoms with van der Waals surface area (Å²) in [6.45, 7) is 8.54. The molecule has 1 N–H and O–H groups in total. The van der Waals surface area contributed by atoms with Gasteiger partial charge in [-0.3, -0.25) is 4.79 Å². The second-order valence-electron chi connectivity index (χ2n) is 9.36. The molecule has 0 fully saturated rings. The van der Waals surface area contributed by atoms with Crippen LogP contribution >= 0.6 is 0 Å². The van der Waals surface area contributed by atoms with Crippen molar-refractivity contribution in [3.63, 3.8) is 0 Å². The minimum absolute atomic E-state index is 0.0842. The summed E-state index contributed by atoms with van der Waals surface area (Å²) in [7, 11) is 0. The number of alkyl carbamates (subject to hydrolysis) is 1. The summed E-state index contributed by atoms with van der Waals surface area (Å²) in [6, 6.07) is 13.9. The molecule has 2 aromatic carbocycles. The quantitative estimate of drug-likeness (QED) is 0.253. The maximum Gasteiger partial charge on any atom is 0.408 e. The van der Waals surface area contributed by atoms with E-state index in [9.17, 15) is 19.2 Å². The molecule has 0 aliphatic carbocycles. The average Bonchev–Trinajstić information content (AvgIpc) is 2.80. The van der Waals surface area contributed by atoms with Crippen LogP contribution in [-0.4, -0.2) is 42.1 Å². The monoisotopic (exact) mass is 493 g/mol. The van der Waals surface area contributed by atoms with Gasteiger partial charge < -0.3 is 19.5 Å². The SMILES string of the molecule is CC(C)C[C@@H](NC(=O)OC(C)(C)C)C(=O)Oc1ccccc1C#CC(=O)OCC(=O)c1ccccc1. The van der Waals surface area contributed by atoms with Gasteiger partial charge in [0, 0.05) is 11.5 Å². The lowest BCUT2D eigenvalue weighted by molar-refractivity contribution is -0.137. The molecule has 0 aromatic heterocycles. The van der Waals surface area contributed by atoms with Crippen molar-refractivity contribution in [1.82, 2.24) is 5.32 Å². The Balaban J connectivity index is 2.06. The van der Waals surface area contributed by atoms with Crippen LogP contribution in [0.1, 0.15) is 57.0 Å². The Hall–Kier alpha value is -4.12. The Labute approximate surface area is 211 Å². The molecule has 0 aliphatic heterocycles. The Morgan fingerprint density at radius 1 is 0.944 bits per heavy atom. The van der Waals surface area contributed by atoms with Crippen molar-refractivity contribution in [2.24, 2.45) is 5.92 Å². The lowest BCUT2D eigenvalue weighted by atomic mass is 10.0. The topological polar surface area (TPSA) is 108 Å². The van der Waals surface area contributed by atoms with E-state index in [-0.39, 0.29) is 23.0 Å². The lowest BCUT2D eigenvalue weighted by Crippen LogP contribution is -2.45. The van der Waals surface area contributed by atoms with Crippen molar-refractivity contribution >= 4 is 23.8 Å². The third kappa shape index (κ3) is 10.0. The second kappa shape index (κ2) is 13.1. The molecule has 36 heavy (non-hydrogen) atoms. The number of amides is 1. The first-order valence-electron chi connectivity index (χ1n) is 11.5. The van der Waals surface area contributed by atoms with Gasteiger partial charge in [-0.05, 0) is 45.2 Å². The van der Waals surface area contributed by atoms with Gasteiger partial charge in [-0.25, -0.2) is 14.4 Å². The fourth-order valence-electron chi connectivity index (χ4n) is 2.97. The van der Waals surface area contributed by atoms with E-state index in [0.29, 0.717) is 12.0 Å². The smallest absolute Gasteiger partial charge is 0.408 e. The van der Waals surface area contributed by atoms with Crippen LogP contribution in [-0.2, 0) is 19.1 Å². The molecule has 0 unspecified atom stereocenters. The van der Waals surface area contributed by atoms with Gasteiger partial charge in [0.1, 0.15) is 17.4 Å². The fraction of sp³-hybridized carbons (Fsp3) is 0.357. The van der Waals surface area contributed by atoms with Crippen molar-refractivity contribution in [3.05, 3.63) is 65.7 Å². The Bertz CT molecular complexity index is 1140. The summed E-state index contributed by atoms with van der Waals surface area (Å²) in [6.07, 6.45) is -0.404. The van der Waals surface area contributed by atoms with E-state index in [4.69, 9.17) is 14.2 Å². The van der Waals surface area contributed by atoms with Gasteiger partial charge in [-0.1, -0.05) is 62.2 Å². The van der Waals surface area contributed by atoms with E-state index < -0.39 is 36.3 Å². The second-order valence-corrected chi connectivity index (χ2v) is 9.36. The highest BCUT2D eigenvalue weighted by Gasteiger charge is 2.27. The lowest BCUT2D eigenvalue weighted by Gasteiger charge is -2.23. The van der Waals surface area contributed by atoms with Crippen LogP contribution in [0, 0.1) is 17.8 Å². The van der Waals surface area contributed by atoms with Crippen molar-refractivity contribution in [2.45, 2.75) is 52.7 Å². The largest absolute Gasteiger partial charge is 0.448 e. The summed E-state index contributed by atoms with van der Waals surface area (Å²) < 4.78 is 15.7. The number of Topliss-reactive ketones (excluding diaryl/α,β-unsaturated/α-hetero) is 1. The molecule has 0 saturated carbocycles. The minimum atomic E-state index is -0.949. The molecule has 8 heteroatoms. The van der Waals surface area contributed by atoms with Crippen LogP contribution in [0.5, 0.6) is 5.75 Å². The summed E-state index contributed by atoms with van der Waals surface area (Å²) >= 11 is 0. The van der Waals surface area contributed by atoms with E-state index in [2.05, 4.69) is 17.2 Å². The molecule has 0 aliphatic rings. The van der Waals surface area contributed by atoms with Crippen LogP contribution < -0.4 is 10.1 Å². The van der Waals surface area contributed by atoms with Crippen LogP contribution in [0.3, 0.4) is 0 Å². The summed E-state index contributed by atoms with van der Waals surface area (Å²) in [5.41, 5.74) is -0.0389. The van der Waals surface area contributed by atoms with Crippen molar-refractivity contribution in [1.29, 1.82) is 0 Å². The zero-order chi connectivity index (χ0) is 26.7. The zero-order valence-electron chi connectivity index (χ0n) is 21.1. The maximum absolute atomic E-state index is 12.9. The van der Waals surface area contributed by atoms with Crippen molar-refractivity contribution in [2.75, 3.05) is 6.61 Å². The molecule has 0 radical (unpaired) electrons. The number of esters is 2. The number of ether oxygens (including phenoxy) is 3. The molecule has 0 heterocycles. The van der Waals surface area contributed by atoms with Gasteiger partial charge in [-0.2, -0.15) is 0 Å². The predicted molar refractivity (Wildman–Crippen MR) is 133 cm³/mol. The van der Waals surface area contributed by atoms with Gasteiger partial charge in [0.05, 0.1) is 5.56 Å². The highest BCUT2D eigenvalue weighted by molar-refractivity contribution is 5.99. The molecule has 8 nitrogen and oxygen atoms in total. The summed E-state index contributed by atoms with van der Waals surface area (Å²) in [5, 5.41) is 2.56. The Kier molecular flexibility index (Phi) is 10.2. The molecule has 2 aromatic rings. The Morgan fingerprint density at radius 3 is 2.22 bits per heavy atom. The van der Waals surface area contributed by atoms with Crippen LogP contribution in [0.15, 0.2) is 54.6 Å². The van der Waals surface area contributed by atoms with E-state index in [1.54, 1.807) is 69.3 Å². The zero-order valence-corrected chi connectivity index (χ0v) is 21.1. The van der Waals surface area contributed by atoms with Gasteiger partial charge in [0.25, 0.3) is 0 Å². The van der Waals surface area contributed by atoms with E-state index >= 15 is 0 Å². The first-order chi connectivity index (χ1) is 16.9. The normalized spacial score (nSPS) is 11.5. The number of benzene rings is 2. The van der Waals surface area contributed by atoms with Gasteiger partial charge in [0.2, 0.25) is 0 Å². The van der Waals surface area contributed by atoms with Crippen molar-refractivity contribution in [3.8, 4) is 17.6 Å². The first-order valence-corrected chi connectivity index (χ1v) is 11.5. The van der Waals surface area contributed by atoms with E-state index in [1.165, 1.54) is 6.07 Å². The minimum Gasteiger partial charge on any atom is -0.448 e. The molecule has 190 valence electrons. The average molecular weight is 494 g/mol. The Morgan fingerprint density at radius 2 is 1.58 bits per heavy atom. The third-order valence-electron chi connectivity index (χ3n) is 4.51. The number of hydrogen-bond acceptors (Lipinski definition) is 7. The number of hydrogen-bond donors (Lipinski definition) is 1. The standard InChI is InChI=1S/C28H31NO7/c1-19(2)17-22(29-27(33)36-28(3,4)5)26(32)35-24-14-10-9-13-21(24)15-16-25(31)34-18-23(30)20-11-7-6-8-12-20/h6-14,19,22H,17-18H2,1-5H3,(H,29,33)/t22-/m1/s1.